The van der Waals surface area contributed by atoms with Crippen LogP contribution < -0.4 is 20.1 Å². The lowest BCUT2D eigenvalue weighted by Crippen LogP contribution is -2.58. The number of hydrogen-bond donors (Lipinski definition) is 3. The number of carbonyl (C=O) groups excluding carboxylic acids is 4. The first-order valence-electron chi connectivity index (χ1n) is 18.1. The van der Waals surface area contributed by atoms with Crippen molar-refractivity contribution in [3.05, 3.63) is 40.4 Å². The van der Waals surface area contributed by atoms with Crippen molar-refractivity contribution in [1.82, 2.24) is 20.3 Å². The van der Waals surface area contributed by atoms with Gasteiger partial charge in [-0.15, -0.1) is 0 Å². The molecular weight excluding hydrogens is 714 g/mol. The highest BCUT2D eigenvalue weighted by atomic mass is 35.5. The highest BCUT2D eigenvalue weighted by Gasteiger charge is 2.63. The van der Waals surface area contributed by atoms with Crippen molar-refractivity contribution in [2.24, 2.45) is 11.1 Å². The van der Waals surface area contributed by atoms with Crippen LogP contribution in [0.2, 0.25) is 5.02 Å². The molecular formula is C36H46ClN5O9S. The van der Waals surface area contributed by atoms with Gasteiger partial charge >= 0.3 is 6.09 Å². The fourth-order valence-electron chi connectivity index (χ4n) is 7.63. The maximum Gasteiger partial charge on any atom is 0.408 e. The van der Waals surface area contributed by atoms with E-state index in [9.17, 15) is 27.6 Å². The number of sulfonamides is 1. The summed E-state index contributed by atoms with van der Waals surface area (Å²) in [7, 11) is -3.89. The van der Waals surface area contributed by atoms with Crippen LogP contribution in [0.25, 0.3) is 0 Å². The van der Waals surface area contributed by atoms with Crippen molar-refractivity contribution in [3.8, 4) is 5.75 Å². The van der Waals surface area contributed by atoms with Gasteiger partial charge < -0.3 is 29.8 Å². The van der Waals surface area contributed by atoms with E-state index in [1.165, 1.54) is 4.90 Å². The molecule has 1 saturated heterocycles. The van der Waals surface area contributed by atoms with Gasteiger partial charge in [-0.1, -0.05) is 41.8 Å². The van der Waals surface area contributed by atoms with E-state index < -0.39 is 73.8 Å². The first kappa shape index (κ1) is 36.5. The number of fused-ring (bicyclic) bond motifs is 3. The Labute approximate surface area is 308 Å². The van der Waals surface area contributed by atoms with Crippen LogP contribution in [0.5, 0.6) is 5.75 Å². The monoisotopic (exact) mass is 759 g/mol. The van der Waals surface area contributed by atoms with Gasteiger partial charge in [-0.25, -0.2) is 13.2 Å². The molecule has 0 aromatic heterocycles. The number of alkyl carbamates (subject to hydrolysis) is 1. The fraction of sp³-hybridized carbons (Fsp3) is 0.639. The van der Waals surface area contributed by atoms with Gasteiger partial charge in [-0.2, -0.15) is 0 Å². The van der Waals surface area contributed by atoms with Crippen molar-refractivity contribution in [2.45, 2.75) is 125 Å². The number of halogens is 1. The van der Waals surface area contributed by atoms with Gasteiger partial charge in [0.1, 0.15) is 29.0 Å². The van der Waals surface area contributed by atoms with Crippen molar-refractivity contribution >= 4 is 51.2 Å². The van der Waals surface area contributed by atoms with Crippen molar-refractivity contribution in [3.63, 3.8) is 0 Å². The predicted molar refractivity (Wildman–Crippen MR) is 190 cm³/mol. The number of oxime groups is 1. The number of allylic oxidation sites excluding steroid dienone is 1. The van der Waals surface area contributed by atoms with Crippen LogP contribution >= 0.6 is 11.6 Å². The number of hydrogen-bond acceptors (Lipinski definition) is 10. The number of amides is 4. The number of nitrogens with zero attached hydrogens (tertiary/aromatic N) is 2. The van der Waals surface area contributed by atoms with Crippen LogP contribution in [-0.4, -0.2) is 90.1 Å². The van der Waals surface area contributed by atoms with Crippen molar-refractivity contribution in [2.75, 3.05) is 13.2 Å². The molecule has 282 valence electrons. The maximum atomic E-state index is 14.5. The Bertz CT molecular complexity index is 1840. The van der Waals surface area contributed by atoms with E-state index in [2.05, 4.69) is 20.5 Å². The van der Waals surface area contributed by atoms with Crippen molar-refractivity contribution in [1.29, 1.82) is 0 Å². The molecule has 16 heteroatoms. The molecule has 52 heavy (non-hydrogen) atoms. The smallest absolute Gasteiger partial charge is 0.408 e. The van der Waals surface area contributed by atoms with E-state index in [-0.39, 0.29) is 25.8 Å². The standard InChI is InChI=1S/C36H46ClN5O9S/c1-34(2,3)50-33(46)38-26-10-8-6-4-5-7-9-23-17-36(23,32(45)41-52(47,48)24-11-12-24)39-30(43)28-19-35(20-42(28)31(26)44)18-27(40-51-35)22-15-21-13-14-49-29(21)25(37)16-22/h7,9,15-16,23-24,26,28H,4-6,8,10-14,17-20H2,1-3H3,(H,38,46)(H,39,43)(H,41,45)/b9-7-. The SMILES string of the molecule is CC(C)(C)OC(=O)NC1CCCCC/C=C\C2CC2(C(=O)NS(=O)(=O)C2CC2)NC(=O)C2CC3(CC(c4cc(Cl)c5c(c4)CCO5)=NO3)CN2C1=O. The number of rotatable bonds is 5. The van der Waals surface area contributed by atoms with Gasteiger partial charge in [-0.05, 0) is 77.0 Å². The summed E-state index contributed by atoms with van der Waals surface area (Å²) in [6, 6.07) is 1.59. The Balaban J connectivity index is 1.19. The summed E-state index contributed by atoms with van der Waals surface area (Å²) in [5.41, 5.74) is -1.10. The summed E-state index contributed by atoms with van der Waals surface area (Å²) in [5, 5.41) is 9.88. The molecule has 3 N–H and O–H groups in total. The molecule has 4 amide bonds. The molecule has 2 saturated carbocycles. The average Bonchev–Trinajstić information content (AvgIpc) is 3.89. The molecule has 4 heterocycles. The van der Waals surface area contributed by atoms with E-state index in [0.717, 1.165) is 24.0 Å². The molecule has 4 aliphatic heterocycles. The van der Waals surface area contributed by atoms with E-state index >= 15 is 0 Å². The molecule has 6 aliphatic rings. The summed E-state index contributed by atoms with van der Waals surface area (Å²) in [6.45, 7) is 5.69. The minimum atomic E-state index is -3.89. The van der Waals surface area contributed by atoms with E-state index in [0.29, 0.717) is 61.6 Å². The molecule has 7 rings (SSSR count). The number of benzene rings is 1. The Hall–Kier alpha value is -3.85. The van der Waals surface area contributed by atoms with Gasteiger partial charge in [0.15, 0.2) is 5.60 Å². The minimum absolute atomic E-state index is 0.0240. The first-order valence-corrected chi connectivity index (χ1v) is 20.1. The lowest BCUT2D eigenvalue weighted by Gasteiger charge is -2.30. The molecule has 1 aromatic rings. The molecule has 5 atom stereocenters. The molecule has 3 fully saturated rings. The zero-order chi connectivity index (χ0) is 37.1. The normalized spacial score (nSPS) is 31.0. The molecule has 0 radical (unpaired) electrons. The maximum absolute atomic E-state index is 14.5. The Kier molecular flexibility index (Phi) is 9.50. The lowest BCUT2D eigenvalue weighted by molar-refractivity contribution is -0.141. The zero-order valence-electron chi connectivity index (χ0n) is 29.7. The van der Waals surface area contributed by atoms with Gasteiger partial charge in [0.05, 0.1) is 29.1 Å². The average molecular weight is 760 g/mol. The molecule has 2 aliphatic carbocycles. The molecule has 1 spiro atoms. The van der Waals surface area contributed by atoms with Gasteiger partial charge in [0.25, 0.3) is 5.91 Å². The lowest BCUT2D eigenvalue weighted by atomic mass is 9.91. The van der Waals surface area contributed by atoms with Gasteiger partial charge in [0.2, 0.25) is 21.8 Å². The minimum Gasteiger partial charge on any atom is -0.491 e. The van der Waals surface area contributed by atoms with Gasteiger partial charge in [0, 0.05) is 30.7 Å². The Morgan fingerprint density at radius 3 is 2.65 bits per heavy atom. The second-order valence-corrected chi connectivity index (χ2v) is 18.3. The van der Waals surface area contributed by atoms with Crippen LogP contribution in [0.3, 0.4) is 0 Å². The highest BCUT2D eigenvalue weighted by molar-refractivity contribution is 7.91. The largest absolute Gasteiger partial charge is 0.491 e. The van der Waals surface area contributed by atoms with E-state index in [4.69, 9.17) is 25.9 Å². The summed E-state index contributed by atoms with van der Waals surface area (Å²) in [4.78, 5) is 63.2. The van der Waals surface area contributed by atoms with E-state index in [1.54, 1.807) is 26.8 Å². The third-order valence-electron chi connectivity index (χ3n) is 10.6. The second-order valence-electron chi connectivity index (χ2n) is 15.9. The third-order valence-corrected chi connectivity index (χ3v) is 12.7. The highest BCUT2D eigenvalue weighted by Crippen LogP contribution is 2.47. The number of carbonyl (C=O) groups is 4. The summed E-state index contributed by atoms with van der Waals surface area (Å²) < 4.78 is 39.0. The molecule has 5 unspecified atom stereocenters. The first-order chi connectivity index (χ1) is 24.6. The zero-order valence-corrected chi connectivity index (χ0v) is 31.2. The van der Waals surface area contributed by atoms with Crippen LogP contribution in [0.15, 0.2) is 29.4 Å². The topological polar surface area (TPSA) is 182 Å². The molecule has 1 aromatic carbocycles. The number of nitrogens with one attached hydrogen (secondary N) is 3. The third kappa shape index (κ3) is 7.48. The summed E-state index contributed by atoms with van der Waals surface area (Å²) in [6.07, 6.45) is 8.40. The van der Waals surface area contributed by atoms with Crippen molar-refractivity contribution < 1.29 is 41.9 Å². The number of ether oxygens (including phenoxy) is 2. The van der Waals surface area contributed by atoms with Crippen LogP contribution in [0.1, 0.15) is 96.1 Å². The van der Waals surface area contributed by atoms with Crippen LogP contribution in [-0.2, 0) is 40.4 Å². The van der Waals surface area contributed by atoms with Gasteiger partial charge in [-0.3, -0.25) is 19.1 Å². The van der Waals surface area contributed by atoms with Crippen LogP contribution in [0.4, 0.5) is 4.79 Å². The predicted octanol–water partition coefficient (Wildman–Crippen LogP) is 3.64. The summed E-state index contributed by atoms with van der Waals surface area (Å²) in [5.74, 6) is -1.69. The molecule has 0 bridgehead atoms. The second kappa shape index (κ2) is 13.5. The Morgan fingerprint density at radius 1 is 1.12 bits per heavy atom. The molecule has 14 nitrogen and oxygen atoms in total. The summed E-state index contributed by atoms with van der Waals surface area (Å²) >= 11 is 6.54. The van der Waals surface area contributed by atoms with Crippen LogP contribution in [0, 0.1) is 5.92 Å². The van der Waals surface area contributed by atoms with E-state index in [1.807, 2.05) is 18.2 Å². The fourth-order valence-corrected chi connectivity index (χ4v) is 9.29. The Morgan fingerprint density at radius 2 is 1.90 bits per heavy atom. The quantitative estimate of drug-likeness (QED) is 0.378.